The number of para-hydroxylation sites is 1. The predicted molar refractivity (Wildman–Crippen MR) is 119 cm³/mol. The van der Waals surface area contributed by atoms with Gasteiger partial charge in [0.2, 0.25) is 10.0 Å². The number of hydrogen-bond acceptors (Lipinski definition) is 8. The lowest BCUT2D eigenvalue weighted by Crippen LogP contribution is -2.57. The molecule has 1 atom stereocenters. The first-order valence-electron chi connectivity index (χ1n) is 10.1. The van der Waals surface area contributed by atoms with Gasteiger partial charge in [-0.3, -0.25) is 4.79 Å². The van der Waals surface area contributed by atoms with E-state index in [1.165, 1.54) is 14.2 Å². The van der Waals surface area contributed by atoms with Gasteiger partial charge in [-0.1, -0.05) is 18.2 Å². The van der Waals surface area contributed by atoms with E-state index in [9.17, 15) is 13.2 Å². The Balaban J connectivity index is 2.34. The lowest BCUT2D eigenvalue weighted by atomic mass is 9.94. The number of esters is 1. The van der Waals surface area contributed by atoms with Gasteiger partial charge >= 0.3 is 5.97 Å². The van der Waals surface area contributed by atoms with E-state index in [1.54, 1.807) is 20.1 Å². The summed E-state index contributed by atoms with van der Waals surface area (Å²) in [7, 11) is 0.281. The number of carbonyl (C=O) groups is 1. The van der Waals surface area contributed by atoms with E-state index in [0.717, 1.165) is 15.9 Å². The summed E-state index contributed by atoms with van der Waals surface area (Å²) in [6.45, 7) is 2.07. The third-order valence-electron chi connectivity index (χ3n) is 5.27. The van der Waals surface area contributed by atoms with Crippen LogP contribution < -0.4 is 0 Å². The summed E-state index contributed by atoms with van der Waals surface area (Å²) < 4.78 is 48.7. The van der Waals surface area contributed by atoms with Gasteiger partial charge in [-0.15, -0.1) is 0 Å². The zero-order valence-electron chi connectivity index (χ0n) is 18.8. The number of sulfonamides is 1. The Labute approximate surface area is 188 Å². The van der Waals surface area contributed by atoms with Crippen molar-refractivity contribution >= 4 is 32.6 Å². The second-order valence-corrected chi connectivity index (χ2v) is 9.22. The van der Waals surface area contributed by atoms with E-state index >= 15 is 0 Å². The number of fused-ring (bicyclic) bond motifs is 1. The van der Waals surface area contributed by atoms with Crippen LogP contribution >= 0.6 is 0 Å². The van der Waals surface area contributed by atoms with Crippen LogP contribution in [0.1, 0.15) is 24.6 Å². The Bertz CT molecular complexity index is 1130. The van der Waals surface area contributed by atoms with Gasteiger partial charge in [-0.05, 0) is 25.1 Å². The first-order chi connectivity index (χ1) is 15.2. The number of methoxy groups -OCH3 is 3. The average Bonchev–Trinajstić information content (AvgIpc) is 2.77. The Morgan fingerprint density at radius 3 is 2.50 bits per heavy atom. The number of rotatable bonds is 8. The van der Waals surface area contributed by atoms with Gasteiger partial charge in [0.15, 0.2) is 0 Å². The highest BCUT2D eigenvalue weighted by Crippen LogP contribution is 2.42. The van der Waals surface area contributed by atoms with Gasteiger partial charge in [0, 0.05) is 38.7 Å². The van der Waals surface area contributed by atoms with Crippen LogP contribution in [0.25, 0.3) is 16.6 Å². The molecule has 0 spiro atoms. The average molecular weight is 465 g/mol. The van der Waals surface area contributed by atoms with Crippen LogP contribution in [-0.4, -0.2) is 63.8 Å². The molecule has 0 aliphatic carbocycles. The zero-order chi connectivity index (χ0) is 23.5. The molecule has 2 heterocycles. The van der Waals surface area contributed by atoms with E-state index < -0.39 is 27.8 Å². The Kier molecular flexibility index (Phi) is 7.19. The van der Waals surface area contributed by atoms with Gasteiger partial charge < -0.3 is 18.9 Å². The van der Waals surface area contributed by atoms with E-state index in [0.29, 0.717) is 16.8 Å². The molecule has 1 aromatic carbocycles. The minimum Gasteiger partial charge on any atom is -0.466 e. The Morgan fingerprint density at radius 1 is 1.22 bits per heavy atom. The molecule has 1 aromatic heterocycles. The van der Waals surface area contributed by atoms with Crippen molar-refractivity contribution in [2.75, 3.05) is 34.2 Å². The molecule has 9 nitrogen and oxygen atoms in total. The smallest absolute Gasteiger partial charge is 0.313 e. The molecule has 0 bridgehead atoms. The molecule has 0 saturated heterocycles. The SMILES string of the molecule is CCOC(=O)C1C=C(c2nc3ccccc3cc2COC)N(S(C)(=O)=O)C(OC)(OC)C1. The Morgan fingerprint density at radius 2 is 1.91 bits per heavy atom. The molecular weight excluding hydrogens is 436 g/mol. The van der Waals surface area contributed by atoms with Crippen molar-refractivity contribution in [2.24, 2.45) is 5.92 Å². The summed E-state index contributed by atoms with van der Waals surface area (Å²) in [5, 5.41) is 0.873. The molecule has 2 aromatic rings. The first-order valence-corrected chi connectivity index (χ1v) is 11.9. The fourth-order valence-electron chi connectivity index (χ4n) is 3.93. The van der Waals surface area contributed by atoms with Crippen LogP contribution in [0.15, 0.2) is 36.4 Å². The molecular formula is C22H28N2O7S. The van der Waals surface area contributed by atoms with Gasteiger partial charge in [-0.2, -0.15) is 0 Å². The minimum absolute atomic E-state index is 0.0808. The van der Waals surface area contributed by atoms with Gasteiger partial charge in [0.25, 0.3) is 5.91 Å². The molecule has 174 valence electrons. The Hall–Kier alpha value is -2.53. The second-order valence-electron chi connectivity index (χ2n) is 7.38. The maximum absolute atomic E-state index is 13.0. The summed E-state index contributed by atoms with van der Waals surface area (Å²) >= 11 is 0. The van der Waals surface area contributed by atoms with Crippen LogP contribution in [0.2, 0.25) is 0 Å². The minimum atomic E-state index is -3.92. The van der Waals surface area contributed by atoms with Crippen LogP contribution in [0, 0.1) is 5.92 Å². The number of pyridine rings is 1. The number of carbonyl (C=O) groups excluding carboxylic acids is 1. The summed E-state index contributed by atoms with van der Waals surface area (Å²) in [5.41, 5.74) is 1.83. The zero-order valence-corrected chi connectivity index (χ0v) is 19.6. The van der Waals surface area contributed by atoms with E-state index in [1.807, 2.05) is 30.3 Å². The number of aromatic nitrogens is 1. The second kappa shape index (κ2) is 9.53. The molecule has 0 radical (unpaired) electrons. The number of benzene rings is 1. The molecule has 0 N–H and O–H groups in total. The number of nitrogens with zero attached hydrogens (tertiary/aromatic N) is 2. The van der Waals surface area contributed by atoms with Crippen molar-refractivity contribution in [3.63, 3.8) is 0 Å². The van der Waals surface area contributed by atoms with Crippen LogP contribution in [0.5, 0.6) is 0 Å². The van der Waals surface area contributed by atoms with Crippen molar-refractivity contribution < 1.29 is 32.2 Å². The lowest BCUT2D eigenvalue weighted by Gasteiger charge is -2.45. The standard InChI is InChI=1S/C22H28N2O7S/c1-6-31-21(25)16-12-19(24(32(5,26)27)22(13-16,29-3)30-4)20-17(14-28-2)11-15-9-7-8-10-18(15)23-20/h7-12,16H,6,13-14H2,1-5H3. The maximum Gasteiger partial charge on any atom is 0.313 e. The summed E-state index contributed by atoms with van der Waals surface area (Å²) in [6, 6.07) is 9.35. The molecule has 1 aliphatic heterocycles. The van der Waals surface area contributed by atoms with Crippen LogP contribution in [0.3, 0.4) is 0 Å². The van der Waals surface area contributed by atoms with E-state index in [-0.39, 0.29) is 25.3 Å². The fraction of sp³-hybridized carbons (Fsp3) is 0.455. The molecule has 3 rings (SSSR count). The molecule has 0 fully saturated rings. The van der Waals surface area contributed by atoms with Gasteiger partial charge in [-0.25, -0.2) is 17.7 Å². The topological polar surface area (TPSA) is 104 Å². The van der Waals surface area contributed by atoms with Crippen LogP contribution in [0.4, 0.5) is 0 Å². The van der Waals surface area contributed by atoms with Crippen molar-refractivity contribution in [1.29, 1.82) is 0 Å². The highest BCUT2D eigenvalue weighted by molar-refractivity contribution is 7.88. The van der Waals surface area contributed by atoms with E-state index in [2.05, 4.69) is 0 Å². The van der Waals surface area contributed by atoms with E-state index in [4.69, 9.17) is 23.9 Å². The predicted octanol–water partition coefficient (Wildman–Crippen LogP) is 2.51. The number of ether oxygens (including phenoxy) is 4. The van der Waals surface area contributed by atoms with Crippen molar-refractivity contribution in [3.8, 4) is 0 Å². The monoisotopic (exact) mass is 464 g/mol. The van der Waals surface area contributed by atoms with Gasteiger partial charge in [0.05, 0.1) is 42.3 Å². The van der Waals surface area contributed by atoms with Crippen molar-refractivity contribution in [2.45, 2.75) is 25.9 Å². The van der Waals surface area contributed by atoms with Crippen LogP contribution in [-0.2, 0) is 40.4 Å². The fourth-order valence-corrected chi connectivity index (χ4v) is 5.16. The molecule has 0 amide bonds. The van der Waals surface area contributed by atoms with Crippen molar-refractivity contribution in [1.82, 2.24) is 9.29 Å². The molecule has 1 unspecified atom stereocenters. The first kappa shape index (κ1) is 24.1. The summed E-state index contributed by atoms with van der Waals surface area (Å²) in [4.78, 5) is 17.4. The maximum atomic E-state index is 13.0. The third kappa shape index (κ3) is 4.49. The molecule has 0 saturated carbocycles. The molecule has 10 heteroatoms. The normalized spacial score (nSPS) is 18.5. The summed E-state index contributed by atoms with van der Waals surface area (Å²) in [5.74, 6) is -3.08. The van der Waals surface area contributed by atoms with Gasteiger partial charge in [0.1, 0.15) is 0 Å². The number of hydrogen-bond donors (Lipinski definition) is 0. The van der Waals surface area contributed by atoms with Crippen molar-refractivity contribution in [3.05, 3.63) is 47.7 Å². The third-order valence-corrected chi connectivity index (χ3v) is 6.41. The quantitative estimate of drug-likeness (QED) is 0.434. The highest BCUT2D eigenvalue weighted by Gasteiger charge is 2.51. The largest absolute Gasteiger partial charge is 0.466 e. The summed E-state index contributed by atoms with van der Waals surface area (Å²) in [6.07, 6.45) is 2.52. The highest BCUT2D eigenvalue weighted by atomic mass is 32.2. The lowest BCUT2D eigenvalue weighted by molar-refractivity contribution is -0.266. The molecule has 1 aliphatic rings. The molecule has 32 heavy (non-hydrogen) atoms.